The first-order valence-corrected chi connectivity index (χ1v) is 8.89. The van der Waals surface area contributed by atoms with Crippen molar-refractivity contribution in [3.63, 3.8) is 0 Å². The Morgan fingerprint density at radius 1 is 0.917 bits per heavy atom. The van der Waals surface area contributed by atoms with E-state index in [4.69, 9.17) is 4.98 Å². The average molecular weight is 326 g/mol. The monoisotopic (exact) mass is 326 g/mol. The zero-order chi connectivity index (χ0) is 15.9. The van der Waals surface area contributed by atoms with Crippen LogP contribution in [0.2, 0.25) is 0 Å². The van der Waals surface area contributed by atoms with Gasteiger partial charge in [-0.05, 0) is 57.3 Å². The van der Waals surface area contributed by atoms with Crippen LogP contribution in [0.15, 0.2) is 71.7 Å². The minimum Gasteiger partial charge on any atom is -0.264 e. The van der Waals surface area contributed by atoms with Gasteiger partial charge < -0.3 is 0 Å². The summed E-state index contributed by atoms with van der Waals surface area (Å²) in [6, 6.07) is 17.0. The summed E-state index contributed by atoms with van der Waals surface area (Å²) >= 11 is 1.73. The third kappa shape index (κ3) is 2.09. The standard InChI is InChI=1S/C21H14N2S/c1-2-6-17-14(4-1)10-19-18(16-7-9-24-13-16)11-20(23-21(17)19)15-5-3-8-22-12-15/h1-9,11-13H,10H2. The molecule has 114 valence electrons. The first-order valence-electron chi connectivity index (χ1n) is 7.95. The highest BCUT2D eigenvalue weighted by Gasteiger charge is 2.24. The molecule has 3 heterocycles. The molecule has 5 rings (SSSR count). The zero-order valence-electron chi connectivity index (χ0n) is 12.9. The van der Waals surface area contributed by atoms with Crippen LogP contribution >= 0.6 is 11.3 Å². The van der Waals surface area contributed by atoms with E-state index >= 15 is 0 Å². The molecule has 0 saturated carbocycles. The number of fused-ring (bicyclic) bond motifs is 3. The average Bonchev–Trinajstić information content (AvgIpc) is 3.29. The SMILES string of the molecule is c1cncc(-c2cc(-c3ccsc3)c3c(n2)-c2ccccc2C3)c1. The van der Waals surface area contributed by atoms with Gasteiger partial charge in [-0.15, -0.1) is 0 Å². The summed E-state index contributed by atoms with van der Waals surface area (Å²) in [6.07, 6.45) is 4.63. The second-order valence-electron chi connectivity index (χ2n) is 5.97. The van der Waals surface area contributed by atoms with Crippen molar-refractivity contribution in [2.24, 2.45) is 0 Å². The summed E-state index contributed by atoms with van der Waals surface area (Å²) in [4.78, 5) is 9.25. The van der Waals surface area contributed by atoms with Crippen molar-refractivity contribution in [1.82, 2.24) is 9.97 Å². The Morgan fingerprint density at radius 2 is 1.88 bits per heavy atom. The van der Waals surface area contributed by atoms with Crippen molar-refractivity contribution in [1.29, 1.82) is 0 Å². The van der Waals surface area contributed by atoms with E-state index < -0.39 is 0 Å². The summed E-state index contributed by atoms with van der Waals surface area (Å²) in [5.41, 5.74) is 9.68. The first-order chi connectivity index (χ1) is 11.9. The highest BCUT2D eigenvalue weighted by atomic mass is 32.1. The Morgan fingerprint density at radius 3 is 2.71 bits per heavy atom. The number of pyridine rings is 2. The fraction of sp³-hybridized carbons (Fsp3) is 0.0476. The molecule has 0 N–H and O–H groups in total. The number of hydrogen-bond donors (Lipinski definition) is 0. The van der Waals surface area contributed by atoms with Crippen LogP contribution < -0.4 is 0 Å². The summed E-state index contributed by atoms with van der Waals surface area (Å²) in [6.45, 7) is 0. The molecular formula is C21H14N2S. The van der Waals surface area contributed by atoms with Gasteiger partial charge in [-0.25, -0.2) is 4.98 Å². The molecule has 0 fully saturated rings. The van der Waals surface area contributed by atoms with Gasteiger partial charge in [0.1, 0.15) is 0 Å². The number of benzene rings is 1. The van der Waals surface area contributed by atoms with E-state index in [-0.39, 0.29) is 0 Å². The molecule has 0 spiro atoms. The number of hydrogen-bond acceptors (Lipinski definition) is 3. The fourth-order valence-corrected chi connectivity index (χ4v) is 4.06. The van der Waals surface area contributed by atoms with Crippen LogP contribution in [0.1, 0.15) is 11.1 Å². The Kier molecular flexibility index (Phi) is 3.06. The van der Waals surface area contributed by atoms with Crippen molar-refractivity contribution in [3.8, 4) is 33.6 Å². The minimum absolute atomic E-state index is 0.955. The maximum Gasteiger partial charge on any atom is 0.0753 e. The van der Waals surface area contributed by atoms with Crippen LogP contribution in [0, 0.1) is 0 Å². The molecule has 0 amide bonds. The molecule has 24 heavy (non-hydrogen) atoms. The lowest BCUT2D eigenvalue weighted by atomic mass is 9.98. The van der Waals surface area contributed by atoms with Crippen molar-refractivity contribution in [2.75, 3.05) is 0 Å². The smallest absolute Gasteiger partial charge is 0.0753 e. The van der Waals surface area contributed by atoms with Gasteiger partial charge in [0, 0.05) is 29.9 Å². The molecule has 0 saturated heterocycles. The highest BCUT2D eigenvalue weighted by molar-refractivity contribution is 7.08. The molecule has 3 heteroatoms. The van der Waals surface area contributed by atoms with Crippen molar-refractivity contribution in [3.05, 3.63) is 82.8 Å². The molecule has 3 aromatic heterocycles. The zero-order valence-corrected chi connectivity index (χ0v) is 13.8. The second kappa shape index (κ2) is 5.39. The molecule has 0 atom stereocenters. The van der Waals surface area contributed by atoms with Gasteiger partial charge in [-0.1, -0.05) is 24.3 Å². The normalized spacial score (nSPS) is 12.0. The summed E-state index contributed by atoms with van der Waals surface area (Å²) in [7, 11) is 0. The van der Waals surface area contributed by atoms with E-state index in [1.54, 1.807) is 17.5 Å². The number of nitrogens with zero attached hydrogens (tertiary/aromatic N) is 2. The fourth-order valence-electron chi connectivity index (χ4n) is 3.41. The Hall–Kier alpha value is -2.78. The topological polar surface area (TPSA) is 25.8 Å². The van der Waals surface area contributed by atoms with Crippen molar-refractivity contribution < 1.29 is 0 Å². The van der Waals surface area contributed by atoms with E-state index in [1.165, 1.54) is 27.8 Å². The lowest BCUT2D eigenvalue weighted by Gasteiger charge is -2.11. The Labute approximate surface area is 144 Å². The van der Waals surface area contributed by atoms with Gasteiger partial charge in [-0.3, -0.25) is 4.98 Å². The lowest BCUT2D eigenvalue weighted by molar-refractivity contribution is 1.23. The van der Waals surface area contributed by atoms with Crippen molar-refractivity contribution >= 4 is 11.3 Å². The number of rotatable bonds is 2. The molecule has 2 nitrogen and oxygen atoms in total. The van der Waals surface area contributed by atoms with Crippen molar-refractivity contribution in [2.45, 2.75) is 6.42 Å². The molecule has 1 aliphatic carbocycles. The maximum absolute atomic E-state index is 5.00. The van der Waals surface area contributed by atoms with Crippen LogP contribution in [0.5, 0.6) is 0 Å². The maximum atomic E-state index is 5.00. The van der Waals surface area contributed by atoms with Crippen LogP contribution in [0.4, 0.5) is 0 Å². The summed E-state index contributed by atoms with van der Waals surface area (Å²) in [5.74, 6) is 0. The van der Waals surface area contributed by atoms with E-state index in [1.807, 2.05) is 12.3 Å². The van der Waals surface area contributed by atoms with Gasteiger partial charge in [0.25, 0.3) is 0 Å². The van der Waals surface area contributed by atoms with Gasteiger partial charge in [0.05, 0.1) is 11.4 Å². The van der Waals surface area contributed by atoms with Crippen LogP contribution in [0.25, 0.3) is 33.6 Å². The molecule has 1 aliphatic rings. The third-order valence-electron chi connectivity index (χ3n) is 4.55. The van der Waals surface area contributed by atoms with Gasteiger partial charge in [0.2, 0.25) is 0 Å². The molecule has 0 bridgehead atoms. The van der Waals surface area contributed by atoms with Crippen LogP contribution in [-0.4, -0.2) is 9.97 Å². The third-order valence-corrected chi connectivity index (χ3v) is 5.24. The number of aromatic nitrogens is 2. The molecule has 1 aromatic carbocycles. The van der Waals surface area contributed by atoms with Crippen LogP contribution in [0.3, 0.4) is 0 Å². The molecule has 4 aromatic rings. The van der Waals surface area contributed by atoms with E-state index in [9.17, 15) is 0 Å². The van der Waals surface area contributed by atoms with Gasteiger partial charge in [-0.2, -0.15) is 11.3 Å². The van der Waals surface area contributed by atoms with Crippen LogP contribution in [-0.2, 0) is 6.42 Å². The lowest BCUT2D eigenvalue weighted by Crippen LogP contribution is -1.94. The predicted octanol–water partition coefficient (Wildman–Crippen LogP) is 5.44. The number of thiophene rings is 1. The molecule has 0 unspecified atom stereocenters. The van der Waals surface area contributed by atoms with Gasteiger partial charge in [0.15, 0.2) is 0 Å². The Bertz CT molecular complexity index is 1020. The highest BCUT2D eigenvalue weighted by Crippen LogP contribution is 2.42. The van der Waals surface area contributed by atoms with E-state index in [0.717, 1.165) is 23.4 Å². The molecule has 0 aliphatic heterocycles. The molecular weight excluding hydrogens is 312 g/mol. The first kappa shape index (κ1) is 13.6. The minimum atomic E-state index is 0.955. The molecule has 0 radical (unpaired) electrons. The summed E-state index contributed by atoms with van der Waals surface area (Å²) < 4.78 is 0. The Balaban J connectivity index is 1.80. The predicted molar refractivity (Wildman–Crippen MR) is 99.0 cm³/mol. The summed E-state index contributed by atoms with van der Waals surface area (Å²) in [5, 5.41) is 4.35. The van der Waals surface area contributed by atoms with Gasteiger partial charge >= 0.3 is 0 Å². The second-order valence-corrected chi connectivity index (χ2v) is 6.75. The van der Waals surface area contributed by atoms with E-state index in [0.29, 0.717) is 0 Å². The largest absolute Gasteiger partial charge is 0.264 e. The van der Waals surface area contributed by atoms with E-state index in [2.05, 4.69) is 58.2 Å². The quantitative estimate of drug-likeness (QED) is 0.431.